The smallest absolute Gasteiger partial charge is 0.131 e. The second-order valence-electron chi connectivity index (χ2n) is 5.02. The van der Waals surface area contributed by atoms with Crippen LogP contribution in [-0.4, -0.2) is 35.8 Å². The number of aliphatic hydroxyl groups is 1. The van der Waals surface area contributed by atoms with Gasteiger partial charge in [-0.1, -0.05) is 19.9 Å². The van der Waals surface area contributed by atoms with Crippen LogP contribution in [0.4, 0.5) is 11.6 Å². The van der Waals surface area contributed by atoms with Crippen LogP contribution >= 0.6 is 0 Å². The molecule has 1 fully saturated rings. The Morgan fingerprint density at radius 1 is 1.50 bits per heavy atom. The van der Waals surface area contributed by atoms with Crippen molar-refractivity contribution in [2.24, 2.45) is 5.92 Å². The highest BCUT2D eigenvalue weighted by Crippen LogP contribution is 2.28. The van der Waals surface area contributed by atoms with Crippen molar-refractivity contribution in [1.82, 2.24) is 4.98 Å². The van der Waals surface area contributed by atoms with E-state index in [0.29, 0.717) is 5.92 Å². The highest BCUT2D eigenvalue weighted by atomic mass is 16.3. The fourth-order valence-electron chi connectivity index (χ4n) is 2.51. The number of aromatic nitrogens is 1. The Morgan fingerprint density at radius 3 is 3.06 bits per heavy atom. The molecule has 0 spiro atoms. The van der Waals surface area contributed by atoms with Gasteiger partial charge in [-0.3, -0.25) is 0 Å². The summed E-state index contributed by atoms with van der Waals surface area (Å²) in [6.45, 7) is 6.46. The second-order valence-corrected chi connectivity index (χ2v) is 5.02. The fourth-order valence-corrected chi connectivity index (χ4v) is 2.51. The molecule has 1 aromatic heterocycles. The minimum Gasteiger partial charge on any atom is -0.394 e. The number of anilines is 2. The molecule has 1 aliphatic heterocycles. The van der Waals surface area contributed by atoms with Crippen molar-refractivity contribution < 1.29 is 5.11 Å². The van der Waals surface area contributed by atoms with Crippen LogP contribution < -0.4 is 10.2 Å². The van der Waals surface area contributed by atoms with E-state index in [1.807, 2.05) is 18.2 Å². The normalized spacial score (nSPS) is 23.4. The molecule has 2 atom stereocenters. The van der Waals surface area contributed by atoms with E-state index in [-0.39, 0.29) is 12.6 Å². The quantitative estimate of drug-likeness (QED) is 0.839. The third-order valence-electron chi connectivity index (χ3n) is 3.65. The Bertz CT molecular complexity index is 383. The maximum absolute atomic E-state index is 9.49. The van der Waals surface area contributed by atoms with Crippen molar-refractivity contribution in [3.8, 4) is 0 Å². The summed E-state index contributed by atoms with van der Waals surface area (Å²) in [4.78, 5) is 6.85. The summed E-state index contributed by atoms with van der Waals surface area (Å²) in [5.41, 5.74) is 0. The number of hydrogen-bond acceptors (Lipinski definition) is 4. The maximum atomic E-state index is 9.49. The number of rotatable bonds is 5. The summed E-state index contributed by atoms with van der Waals surface area (Å²) in [5.74, 6) is 2.43. The number of hydrogen-bond donors (Lipinski definition) is 2. The van der Waals surface area contributed by atoms with Crippen LogP contribution in [0.2, 0.25) is 0 Å². The Morgan fingerprint density at radius 2 is 2.33 bits per heavy atom. The molecule has 18 heavy (non-hydrogen) atoms. The van der Waals surface area contributed by atoms with E-state index in [9.17, 15) is 5.11 Å². The van der Waals surface area contributed by atoms with Crippen molar-refractivity contribution >= 4 is 11.6 Å². The summed E-state index contributed by atoms with van der Waals surface area (Å²) in [6.07, 6.45) is 2.21. The van der Waals surface area contributed by atoms with Gasteiger partial charge in [0, 0.05) is 13.1 Å². The third-order valence-corrected chi connectivity index (χ3v) is 3.65. The van der Waals surface area contributed by atoms with Gasteiger partial charge in [0.15, 0.2) is 0 Å². The summed E-state index contributed by atoms with van der Waals surface area (Å²) in [7, 11) is 0. The Balaban J connectivity index is 2.12. The molecule has 1 aliphatic rings. The van der Waals surface area contributed by atoms with E-state index in [0.717, 1.165) is 37.6 Å². The van der Waals surface area contributed by atoms with Crippen LogP contribution in [0, 0.1) is 5.92 Å². The molecule has 2 N–H and O–H groups in total. The molecular weight excluding hydrogens is 226 g/mol. The second kappa shape index (κ2) is 6.05. The summed E-state index contributed by atoms with van der Waals surface area (Å²) >= 11 is 0. The van der Waals surface area contributed by atoms with E-state index in [2.05, 4.69) is 29.0 Å². The Labute approximate surface area is 109 Å². The average Bonchev–Trinajstić information content (AvgIpc) is 2.77. The van der Waals surface area contributed by atoms with E-state index < -0.39 is 0 Å². The first-order valence-corrected chi connectivity index (χ1v) is 6.84. The lowest BCUT2D eigenvalue weighted by atomic mass is 10.0. The highest BCUT2D eigenvalue weighted by molar-refractivity contribution is 5.48. The van der Waals surface area contributed by atoms with Crippen LogP contribution in [0.5, 0.6) is 0 Å². The molecule has 0 saturated carbocycles. The largest absolute Gasteiger partial charge is 0.394 e. The van der Waals surface area contributed by atoms with E-state index in [4.69, 9.17) is 0 Å². The molecule has 0 aliphatic carbocycles. The minimum absolute atomic E-state index is 0.204. The van der Waals surface area contributed by atoms with Gasteiger partial charge in [-0.2, -0.15) is 0 Å². The lowest BCUT2D eigenvalue weighted by Gasteiger charge is -2.26. The van der Waals surface area contributed by atoms with Crippen molar-refractivity contribution in [1.29, 1.82) is 0 Å². The maximum Gasteiger partial charge on any atom is 0.131 e. The molecule has 2 heterocycles. The first-order chi connectivity index (χ1) is 8.76. The molecule has 2 unspecified atom stereocenters. The van der Waals surface area contributed by atoms with Crippen LogP contribution in [0.3, 0.4) is 0 Å². The highest BCUT2D eigenvalue weighted by Gasteiger charge is 2.31. The van der Waals surface area contributed by atoms with E-state index in [1.54, 1.807) is 0 Å². The average molecular weight is 249 g/mol. The lowest BCUT2D eigenvalue weighted by molar-refractivity contribution is 0.244. The van der Waals surface area contributed by atoms with E-state index >= 15 is 0 Å². The molecule has 4 nitrogen and oxygen atoms in total. The number of aliphatic hydroxyl groups excluding tert-OH is 1. The van der Waals surface area contributed by atoms with Gasteiger partial charge in [0.05, 0.1) is 12.6 Å². The van der Waals surface area contributed by atoms with Gasteiger partial charge in [-0.05, 0) is 30.9 Å². The first kappa shape index (κ1) is 13.1. The summed E-state index contributed by atoms with van der Waals surface area (Å²) < 4.78 is 0. The minimum atomic E-state index is 0.204. The Kier molecular flexibility index (Phi) is 4.42. The molecular formula is C14H23N3O. The number of nitrogens with zero attached hydrogens (tertiary/aromatic N) is 2. The predicted octanol–water partition coefficient (Wildman–Crippen LogP) is 2.11. The van der Waals surface area contributed by atoms with Gasteiger partial charge in [-0.15, -0.1) is 0 Å². The molecule has 4 heteroatoms. The van der Waals surface area contributed by atoms with Gasteiger partial charge in [-0.25, -0.2) is 4.98 Å². The van der Waals surface area contributed by atoms with Gasteiger partial charge < -0.3 is 15.3 Å². The van der Waals surface area contributed by atoms with Crippen LogP contribution in [0.25, 0.3) is 0 Å². The van der Waals surface area contributed by atoms with Gasteiger partial charge in [0.2, 0.25) is 0 Å². The van der Waals surface area contributed by atoms with Crippen LogP contribution in [0.1, 0.15) is 26.7 Å². The zero-order chi connectivity index (χ0) is 13.0. The third kappa shape index (κ3) is 2.75. The summed E-state index contributed by atoms with van der Waals surface area (Å²) in [5, 5.41) is 12.8. The SMILES string of the molecule is CCCNc1cccc(N2CCC(C)C2CO)n1. The molecule has 0 aromatic carbocycles. The monoisotopic (exact) mass is 249 g/mol. The van der Waals surface area contributed by atoms with Crippen LogP contribution in [0.15, 0.2) is 18.2 Å². The van der Waals surface area contributed by atoms with E-state index in [1.165, 1.54) is 0 Å². The standard InChI is InChI=1S/C14H23N3O/c1-3-8-15-13-5-4-6-14(16-13)17-9-7-11(2)12(17)10-18/h4-6,11-12,18H,3,7-10H2,1-2H3,(H,15,16). The van der Waals surface area contributed by atoms with Crippen molar-refractivity contribution in [2.45, 2.75) is 32.7 Å². The molecule has 2 rings (SSSR count). The Hall–Kier alpha value is -1.29. The molecule has 0 radical (unpaired) electrons. The molecule has 0 bridgehead atoms. The molecule has 0 amide bonds. The molecule has 1 aromatic rings. The zero-order valence-corrected chi connectivity index (χ0v) is 11.3. The zero-order valence-electron chi connectivity index (χ0n) is 11.3. The predicted molar refractivity (Wildman–Crippen MR) is 75.0 cm³/mol. The van der Waals surface area contributed by atoms with Crippen molar-refractivity contribution in [2.75, 3.05) is 29.9 Å². The summed E-state index contributed by atoms with van der Waals surface area (Å²) in [6, 6.07) is 6.25. The number of nitrogens with one attached hydrogen (secondary N) is 1. The van der Waals surface area contributed by atoms with Gasteiger partial charge in [0.1, 0.15) is 11.6 Å². The van der Waals surface area contributed by atoms with Gasteiger partial charge >= 0.3 is 0 Å². The molecule has 100 valence electrons. The van der Waals surface area contributed by atoms with Crippen molar-refractivity contribution in [3.63, 3.8) is 0 Å². The first-order valence-electron chi connectivity index (χ1n) is 6.84. The van der Waals surface area contributed by atoms with Crippen molar-refractivity contribution in [3.05, 3.63) is 18.2 Å². The topological polar surface area (TPSA) is 48.4 Å². The molecule has 1 saturated heterocycles. The fraction of sp³-hybridized carbons (Fsp3) is 0.643. The number of pyridine rings is 1. The van der Waals surface area contributed by atoms with Crippen LogP contribution in [-0.2, 0) is 0 Å². The lowest BCUT2D eigenvalue weighted by Crippen LogP contribution is -2.35. The van der Waals surface area contributed by atoms with Gasteiger partial charge in [0.25, 0.3) is 0 Å².